The molecule has 0 spiro atoms. The van der Waals surface area contributed by atoms with E-state index in [2.05, 4.69) is 49.9 Å². The Hall–Kier alpha value is -1.06. The molecule has 1 aliphatic rings. The smallest absolute Gasteiger partial charge is 0.119 e. The highest BCUT2D eigenvalue weighted by Crippen LogP contribution is 2.35. The minimum atomic E-state index is 0.327. The van der Waals surface area contributed by atoms with Crippen molar-refractivity contribution in [2.24, 2.45) is 5.73 Å². The van der Waals surface area contributed by atoms with E-state index in [9.17, 15) is 0 Å². The van der Waals surface area contributed by atoms with Gasteiger partial charge in [-0.1, -0.05) is 26.0 Å². The number of benzene rings is 1. The van der Waals surface area contributed by atoms with Crippen molar-refractivity contribution in [1.82, 2.24) is 4.90 Å². The lowest BCUT2D eigenvalue weighted by Gasteiger charge is -2.35. The van der Waals surface area contributed by atoms with Gasteiger partial charge in [0.1, 0.15) is 5.75 Å². The molecule has 0 radical (unpaired) electrons. The number of hydrogen-bond donors (Lipinski definition) is 1. The lowest BCUT2D eigenvalue weighted by atomic mass is 10.0. The van der Waals surface area contributed by atoms with Gasteiger partial charge in [-0.15, -0.1) is 0 Å². The lowest BCUT2D eigenvalue weighted by molar-refractivity contribution is 0.137. The van der Waals surface area contributed by atoms with E-state index < -0.39 is 0 Å². The van der Waals surface area contributed by atoms with Gasteiger partial charge in [0.15, 0.2) is 0 Å². The lowest BCUT2D eigenvalue weighted by Crippen LogP contribution is -2.41. The Balaban J connectivity index is 2.13. The van der Waals surface area contributed by atoms with Gasteiger partial charge < -0.3 is 10.5 Å². The van der Waals surface area contributed by atoms with Crippen molar-refractivity contribution in [1.29, 1.82) is 0 Å². The zero-order chi connectivity index (χ0) is 15.2. The molecule has 2 N–H and O–H groups in total. The molecule has 3 heteroatoms. The van der Waals surface area contributed by atoms with Gasteiger partial charge in [0.25, 0.3) is 0 Å². The summed E-state index contributed by atoms with van der Waals surface area (Å²) in [6, 6.07) is 10.1. The number of likely N-dealkylation sites (tertiary alicyclic amines) is 1. The van der Waals surface area contributed by atoms with E-state index in [-0.39, 0.29) is 0 Å². The van der Waals surface area contributed by atoms with Crippen molar-refractivity contribution < 1.29 is 4.74 Å². The van der Waals surface area contributed by atoms with E-state index in [0.29, 0.717) is 24.7 Å². The molecule has 118 valence electrons. The maximum atomic E-state index is 6.11. The first-order valence-electron chi connectivity index (χ1n) is 8.41. The fourth-order valence-corrected chi connectivity index (χ4v) is 3.50. The Bertz CT molecular complexity index is 418. The molecule has 1 aliphatic heterocycles. The first-order valence-corrected chi connectivity index (χ1v) is 8.41. The molecule has 1 saturated heterocycles. The van der Waals surface area contributed by atoms with Crippen molar-refractivity contribution in [3.63, 3.8) is 0 Å². The molecule has 0 bridgehead atoms. The summed E-state index contributed by atoms with van der Waals surface area (Å²) in [6.07, 6.45) is 4.83. The molecule has 3 nitrogen and oxygen atoms in total. The molecule has 0 saturated carbocycles. The van der Waals surface area contributed by atoms with Crippen LogP contribution in [-0.4, -0.2) is 30.1 Å². The van der Waals surface area contributed by atoms with Crippen molar-refractivity contribution in [2.45, 2.75) is 64.6 Å². The van der Waals surface area contributed by atoms with E-state index in [1.807, 2.05) is 0 Å². The molecule has 3 atom stereocenters. The molecule has 2 rings (SSSR count). The van der Waals surface area contributed by atoms with Crippen LogP contribution in [0.15, 0.2) is 24.3 Å². The Morgan fingerprint density at radius 3 is 2.52 bits per heavy atom. The summed E-state index contributed by atoms with van der Waals surface area (Å²) in [5.41, 5.74) is 7.42. The Morgan fingerprint density at radius 2 is 1.95 bits per heavy atom. The number of rotatable bonds is 7. The van der Waals surface area contributed by atoms with Crippen LogP contribution in [0.3, 0.4) is 0 Å². The average Bonchev–Trinajstić information content (AvgIpc) is 2.88. The third-order valence-corrected chi connectivity index (χ3v) is 4.64. The predicted molar refractivity (Wildman–Crippen MR) is 88.6 cm³/mol. The topological polar surface area (TPSA) is 38.5 Å². The highest BCUT2D eigenvalue weighted by atomic mass is 16.5. The number of hydrogen-bond acceptors (Lipinski definition) is 3. The van der Waals surface area contributed by atoms with Gasteiger partial charge in [-0.2, -0.15) is 0 Å². The van der Waals surface area contributed by atoms with Crippen molar-refractivity contribution in [3.05, 3.63) is 29.8 Å². The first kappa shape index (κ1) is 16.3. The monoisotopic (exact) mass is 290 g/mol. The van der Waals surface area contributed by atoms with Crippen LogP contribution in [0, 0.1) is 0 Å². The largest absolute Gasteiger partial charge is 0.494 e. The first-order chi connectivity index (χ1) is 10.2. The zero-order valence-electron chi connectivity index (χ0n) is 13.7. The third-order valence-electron chi connectivity index (χ3n) is 4.64. The van der Waals surface area contributed by atoms with Gasteiger partial charge >= 0.3 is 0 Å². The van der Waals surface area contributed by atoms with Crippen LogP contribution in [0.25, 0.3) is 0 Å². The highest BCUT2D eigenvalue weighted by molar-refractivity contribution is 5.30. The SMILES string of the molecule is CCCOc1ccc(C(CN)N2C(C)CCC2CC)cc1. The number of ether oxygens (including phenoxy) is 1. The third kappa shape index (κ3) is 3.78. The van der Waals surface area contributed by atoms with Gasteiger partial charge in [-0.05, 0) is 50.3 Å². The van der Waals surface area contributed by atoms with Gasteiger partial charge in [-0.3, -0.25) is 4.90 Å². The quantitative estimate of drug-likeness (QED) is 0.831. The molecular weight excluding hydrogens is 260 g/mol. The average molecular weight is 290 g/mol. The molecule has 1 fully saturated rings. The predicted octanol–water partition coefficient (Wildman–Crippen LogP) is 3.74. The molecule has 21 heavy (non-hydrogen) atoms. The minimum Gasteiger partial charge on any atom is -0.494 e. The summed E-state index contributed by atoms with van der Waals surface area (Å²) < 4.78 is 5.67. The van der Waals surface area contributed by atoms with Crippen LogP contribution in [0.2, 0.25) is 0 Å². The summed E-state index contributed by atoms with van der Waals surface area (Å²) in [5.74, 6) is 0.956. The van der Waals surface area contributed by atoms with E-state index in [1.165, 1.54) is 24.8 Å². The normalized spacial score (nSPS) is 24.2. The highest BCUT2D eigenvalue weighted by Gasteiger charge is 2.34. The van der Waals surface area contributed by atoms with Crippen LogP contribution < -0.4 is 10.5 Å². The van der Waals surface area contributed by atoms with Crippen LogP contribution in [-0.2, 0) is 0 Å². The second-order valence-corrected chi connectivity index (χ2v) is 6.10. The van der Waals surface area contributed by atoms with E-state index in [0.717, 1.165) is 18.8 Å². The molecule has 0 aromatic heterocycles. The van der Waals surface area contributed by atoms with Gasteiger partial charge in [0.05, 0.1) is 6.61 Å². The van der Waals surface area contributed by atoms with Crippen LogP contribution in [0.1, 0.15) is 58.1 Å². The summed E-state index contributed by atoms with van der Waals surface area (Å²) in [5, 5.41) is 0. The Morgan fingerprint density at radius 1 is 1.24 bits per heavy atom. The van der Waals surface area contributed by atoms with Crippen molar-refractivity contribution >= 4 is 0 Å². The minimum absolute atomic E-state index is 0.327. The van der Waals surface area contributed by atoms with Crippen LogP contribution >= 0.6 is 0 Å². The molecular formula is C18H30N2O. The van der Waals surface area contributed by atoms with E-state index in [1.54, 1.807) is 0 Å². The van der Waals surface area contributed by atoms with E-state index >= 15 is 0 Å². The molecule has 1 aromatic rings. The second kappa shape index (κ2) is 7.81. The molecule has 0 aliphatic carbocycles. The molecule has 3 unspecified atom stereocenters. The summed E-state index contributed by atoms with van der Waals surface area (Å²) in [7, 11) is 0. The molecule has 1 aromatic carbocycles. The number of nitrogens with zero attached hydrogens (tertiary/aromatic N) is 1. The zero-order valence-corrected chi connectivity index (χ0v) is 13.7. The number of nitrogens with two attached hydrogens (primary N) is 1. The molecule has 0 amide bonds. The summed E-state index contributed by atoms with van der Waals surface area (Å²) in [4.78, 5) is 2.63. The van der Waals surface area contributed by atoms with Gasteiger partial charge in [-0.25, -0.2) is 0 Å². The maximum absolute atomic E-state index is 6.11. The summed E-state index contributed by atoms with van der Waals surface area (Å²) in [6.45, 7) is 8.19. The second-order valence-electron chi connectivity index (χ2n) is 6.10. The Kier molecular flexibility index (Phi) is 6.07. The van der Waals surface area contributed by atoms with Crippen molar-refractivity contribution in [3.8, 4) is 5.75 Å². The fourth-order valence-electron chi connectivity index (χ4n) is 3.50. The van der Waals surface area contributed by atoms with Gasteiger partial charge in [0.2, 0.25) is 0 Å². The van der Waals surface area contributed by atoms with E-state index in [4.69, 9.17) is 10.5 Å². The van der Waals surface area contributed by atoms with Crippen molar-refractivity contribution in [2.75, 3.05) is 13.2 Å². The fraction of sp³-hybridized carbons (Fsp3) is 0.667. The van der Waals surface area contributed by atoms with Crippen LogP contribution in [0.4, 0.5) is 0 Å². The van der Waals surface area contributed by atoms with Gasteiger partial charge in [0, 0.05) is 24.7 Å². The maximum Gasteiger partial charge on any atom is 0.119 e. The van der Waals surface area contributed by atoms with Crippen LogP contribution in [0.5, 0.6) is 5.75 Å². The Labute approximate surface area is 129 Å². The molecule has 1 heterocycles. The standard InChI is InChI=1S/C18H30N2O/c1-4-12-21-17-10-7-15(8-11-17)18(13-19)20-14(3)6-9-16(20)5-2/h7-8,10-11,14,16,18H,4-6,9,12-13,19H2,1-3H3. The summed E-state index contributed by atoms with van der Waals surface area (Å²) >= 11 is 0.